The molecule has 1 amide bonds. The smallest absolute Gasteiger partial charge is 0.409 e. The first-order valence-corrected chi connectivity index (χ1v) is 4.84. The van der Waals surface area contributed by atoms with Crippen LogP contribution in [0.5, 0.6) is 0 Å². The van der Waals surface area contributed by atoms with Crippen molar-refractivity contribution in [3.63, 3.8) is 0 Å². The Morgan fingerprint density at radius 1 is 1.50 bits per heavy atom. The Kier molecular flexibility index (Phi) is 2.33. The molecule has 1 fully saturated rings. The third-order valence-electron chi connectivity index (χ3n) is 2.27. The summed E-state index contributed by atoms with van der Waals surface area (Å²) in [5, 5.41) is 11.7. The van der Waals surface area contributed by atoms with Gasteiger partial charge < -0.3 is 5.11 Å². The molecule has 74 valence electrons. The Morgan fingerprint density at radius 3 is 2.79 bits per heavy atom. The molecule has 14 heavy (non-hydrogen) atoms. The Hall–Kier alpha value is -1.22. The second-order valence-electron chi connectivity index (χ2n) is 3.44. The number of rotatable bonds is 2. The molecule has 0 heterocycles. The molecule has 0 saturated heterocycles. The van der Waals surface area contributed by atoms with E-state index in [4.69, 9.17) is 16.7 Å². The van der Waals surface area contributed by atoms with Crippen LogP contribution in [0.3, 0.4) is 0 Å². The zero-order valence-corrected chi connectivity index (χ0v) is 8.21. The molecule has 1 saturated carbocycles. The molecule has 0 radical (unpaired) electrons. The van der Waals surface area contributed by atoms with Gasteiger partial charge in [-0.1, -0.05) is 11.6 Å². The Morgan fingerprint density at radius 2 is 2.21 bits per heavy atom. The number of amides is 1. The van der Waals surface area contributed by atoms with Crippen LogP contribution < -0.4 is 5.32 Å². The van der Waals surface area contributed by atoms with Crippen LogP contribution in [0.1, 0.15) is 24.3 Å². The fourth-order valence-corrected chi connectivity index (χ4v) is 1.68. The predicted molar refractivity (Wildman–Crippen MR) is 55.1 cm³/mol. The summed E-state index contributed by atoms with van der Waals surface area (Å²) in [6.45, 7) is 0. The lowest BCUT2D eigenvalue weighted by Gasteiger charge is -2.08. The van der Waals surface area contributed by atoms with Crippen molar-refractivity contribution in [3.05, 3.63) is 28.8 Å². The van der Waals surface area contributed by atoms with E-state index in [-0.39, 0.29) is 0 Å². The zero-order chi connectivity index (χ0) is 10.1. The molecule has 2 N–H and O–H groups in total. The van der Waals surface area contributed by atoms with Crippen LogP contribution in [-0.4, -0.2) is 11.2 Å². The van der Waals surface area contributed by atoms with Gasteiger partial charge in [0.2, 0.25) is 0 Å². The minimum Gasteiger partial charge on any atom is -0.465 e. The van der Waals surface area contributed by atoms with Crippen molar-refractivity contribution >= 4 is 23.4 Å². The first kappa shape index (κ1) is 9.34. The Bertz CT molecular complexity index is 374. The second-order valence-corrected chi connectivity index (χ2v) is 3.87. The number of anilines is 1. The number of benzene rings is 1. The zero-order valence-electron chi connectivity index (χ0n) is 7.46. The van der Waals surface area contributed by atoms with E-state index in [0.717, 1.165) is 18.4 Å². The van der Waals surface area contributed by atoms with Gasteiger partial charge in [-0.15, -0.1) is 0 Å². The highest BCUT2D eigenvalue weighted by atomic mass is 35.5. The largest absolute Gasteiger partial charge is 0.465 e. The molecule has 0 spiro atoms. The number of halogens is 1. The molecule has 2 rings (SSSR count). The lowest BCUT2D eigenvalue weighted by Crippen LogP contribution is -2.08. The number of nitrogens with one attached hydrogen (secondary N) is 1. The Labute approximate surface area is 86.7 Å². The molecule has 1 aliphatic carbocycles. The van der Waals surface area contributed by atoms with Gasteiger partial charge in [-0.05, 0) is 42.5 Å². The maximum absolute atomic E-state index is 10.5. The second kappa shape index (κ2) is 3.50. The fourth-order valence-electron chi connectivity index (χ4n) is 1.49. The molecule has 3 nitrogen and oxygen atoms in total. The SMILES string of the molecule is O=C(O)Nc1ccc(Cl)cc1C1CC1. The third kappa shape index (κ3) is 1.99. The number of carboxylic acid groups (broad SMARTS) is 1. The summed E-state index contributed by atoms with van der Waals surface area (Å²) in [6.07, 6.45) is 1.21. The molecule has 0 unspecified atom stereocenters. The molecule has 0 atom stereocenters. The van der Waals surface area contributed by atoms with E-state index in [9.17, 15) is 4.79 Å². The first-order chi connectivity index (χ1) is 6.66. The average molecular weight is 212 g/mol. The summed E-state index contributed by atoms with van der Waals surface area (Å²) in [4.78, 5) is 10.5. The monoisotopic (exact) mass is 211 g/mol. The van der Waals surface area contributed by atoms with Crippen LogP contribution in [0.2, 0.25) is 5.02 Å². The lowest BCUT2D eigenvalue weighted by molar-refractivity contribution is 0.209. The van der Waals surface area contributed by atoms with Crippen LogP contribution in [0, 0.1) is 0 Å². The molecule has 0 aliphatic heterocycles. The number of hydrogen-bond donors (Lipinski definition) is 2. The highest BCUT2D eigenvalue weighted by Gasteiger charge is 2.26. The minimum atomic E-state index is -1.03. The van der Waals surface area contributed by atoms with Gasteiger partial charge in [0.1, 0.15) is 0 Å². The fraction of sp³-hybridized carbons (Fsp3) is 0.300. The van der Waals surface area contributed by atoms with Crippen LogP contribution in [0.4, 0.5) is 10.5 Å². The minimum absolute atomic E-state index is 0.482. The van der Waals surface area contributed by atoms with Gasteiger partial charge >= 0.3 is 6.09 Å². The molecule has 1 aromatic carbocycles. The van der Waals surface area contributed by atoms with Gasteiger partial charge in [0.25, 0.3) is 0 Å². The van der Waals surface area contributed by atoms with Crippen molar-refractivity contribution in [2.75, 3.05) is 5.32 Å². The normalized spacial score (nSPS) is 15.2. The Balaban J connectivity index is 2.32. The van der Waals surface area contributed by atoms with E-state index in [1.165, 1.54) is 0 Å². The topological polar surface area (TPSA) is 49.3 Å². The highest BCUT2D eigenvalue weighted by molar-refractivity contribution is 6.30. The molecular formula is C10H10ClNO2. The predicted octanol–water partition coefficient (Wildman–Crippen LogP) is 3.31. The third-order valence-corrected chi connectivity index (χ3v) is 2.51. The van der Waals surface area contributed by atoms with Crippen molar-refractivity contribution in [2.24, 2.45) is 0 Å². The van der Waals surface area contributed by atoms with Gasteiger partial charge in [0.05, 0.1) is 0 Å². The maximum atomic E-state index is 10.5. The van der Waals surface area contributed by atoms with Crippen molar-refractivity contribution in [3.8, 4) is 0 Å². The van der Waals surface area contributed by atoms with Crippen LogP contribution in [-0.2, 0) is 0 Å². The van der Waals surface area contributed by atoms with Gasteiger partial charge in [-0.3, -0.25) is 5.32 Å². The van der Waals surface area contributed by atoms with Crippen molar-refractivity contribution < 1.29 is 9.90 Å². The van der Waals surface area contributed by atoms with E-state index >= 15 is 0 Å². The van der Waals surface area contributed by atoms with E-state index in [2.05, 4.69) is 5.32 Å². The van der Waals surface area contributed by atoms with Crippen molar-refractivity contribution in [1.82, 2.24) is 0 Å². The highest BCUT2D eigenvalue weighted by Crippen LogP contribution is 2.44. The molecular weight excluding hydrogens is 202 g/mol. The van der Waals surface area contributed by atoms with Crippen molar-refractivity contribution in [2.45, 2.75) is 18.8 Å². The van der Waals surface area contributed by atoms with Gasteiger partial charge in [0, 0.05) is 10.7 Å². The van der Waals surface area contributed by atoms with E-state index < -0.39 is 6.09 Å². The van der Waals surface area contributed by atoms with E-state index in [0.29, 0.717) is 16.6 Å². The first-order valence-electron chi connectivity index (χ1n) is 4.46. The van der Waals surface area contributed by atoms with Gasteiger partial charge in [0.15, 0.2) is 0 Å². The number of hydrogen-bond acceptors (Lipinski definition) is 1. The van der Waals surface area contributed by atoms with Gasteiger partial charge in [-0.2, -0.15) is 0 Å². The molecule has 0 bridgehead atoms. The summed E-state index contributed by atoms with van der Waals surface area (Å²) >= 11 is 5.85. The van der Waals surface area contributed by atoms with E-state index in [1.54, 1.807) is 12.1 Å². The van der Waals surface area contributed by atoms with Crippen LogP contribution >= 0.6 is 11.6 Å². The summed E-state index contributed by atoms with van der Waals surface area (Å²) in [5.41, 5.74) is 1.67. The van der Waals surface area contributed by atoms with Crippen LogP contribution in [0.25, 0.3) is 0 Å². The summed E-state index contributed by atoms with van der Waals surface area (Å²) in [6, 6.07) is 5.24. The average Bonchev–Trinajstić information content (AvgIpc) is 2.90. The maximum Gasteiger partial charge on any atom is 0.409 e. The molecule has 1 aliphatic rings. The van der Waals surface area contributed by atoms with Crippen molar-refractivity contribution in [1.29, 1.82) is 0 Å². The summed E-state index contributed by atoms with van der Waals surface area (Å²) < 4.78 is 0. The molecule has 4 heteroatoms. The number of carbonyl (C=O) groups is 1. The summed E-state index contributed by atoms with van der Waals surface area (Å²) in [7, 11) is 0. The van der Waals surface area contributed by atoms with E-state index in [1.807, 2.05) is 6.07 Å². The van der Waals surface area contributed by atoms with Gasteiger partial charge in [-0.25, -0.2) is 4.79 Å². The standard InChI is InChI=1S/C10H10ClNO2/c11-7-3-4-9(12-10(13)14)8(5-7)6-1-2-6/h3-6,12H,1-2H2,(H,13,14). The van der Waals surface area contributed by atoms with Crippen LogP contribution in [0.15, 0.2) is 18.2 Å². The lowest BCUT2D eigenvalue weighted by atomic mass is 10.1. The quantitative estimate of drug-likeness (QED) is 0.789. The molecule has 1 aromatic rings. The summed E-state index contributed by atoms with van der Waals surface area (Å²) in [5.74, 6) is 0.482. The molecule has 0 aromatic heterocycles.